The predicted octanol–water partition coefficient (Wildman–Crippen LogP) is 4.04. The number of anilines is 1. The molecule has 0 saturated carbocycles. The Morgan fingerprint density at radius 3 is 2.46 bits per heavy atom. The van der Waals surface area contributed by atoms with Gasteiger partial charge >= 0.3 is 6.36 Å². The lowest BCUT2D eigenvalue weighted by molar-refractivity contribution is -0.385. The molecule has 0 bridgehead atoms. The fourth-order valence-corrected chi connectivity index (χ4v) is 1.95. The molecule has 0 aromatic heterocycles. The lowest BCUT2D eigenvalue weighted by atomic mass is 10.2. The molecule has 2 rings (SSSR count). The summed E-state index contributed by atoms with van der Waals surface area (Å²) in [5.41, 5.74) is 5.80. The topological polar surface area (TPSA) is 103 Å². The first kappa shape index (κ1) is 21.5. The highest BCUT2D eigenvalue weighted by atomic mass is 127. The average Bonchev–Trinajstić information content (AvgIpc) is 2.53. The summed E-state index contributed by atoms with van der Waals surface area (Å²) in [5, 5.41) is 13.4. The van der Waals surface area contributed by atoms with E-state index >= 15 is 0 Å². The number of nitrogens with zero attached hydrogens (tertiary/aromatic N) is 2. The zero-order chi connectivity index (χ0) is 18.4. The summed E-state index contributed by atoms with van der Waals surface area (Å²) < 4.78 is 41.0. The van der Waals surface area contributed by atoms with Gasteiger partial charge in [0.2, 0.25) is 0 Å². The Morgan fingerprint density at radius 2 is 1.81 bits per heavy atom. The number of benzene rings is 2. The molecule has 0 aliphatic heterocycles. The van der Waals surface area contributed by atoms with Crippen molar-refractivity contribution in [3.8, 4) is 5.75 Å². The van der Waals surface area contributed by atoms with Crippen LogP contribution in [0.4, 0.5) is 24.5 Å². The summed E-state index contributed by atoms with van der Waals surface area (Å²) in [7, 11) is 0. The van der Waals surface area contributed by atoms with Crippen molar-refractivity contribution in [3.63, 3.8) is 0 Å². The Hall–Kier alpha value is -2.57. The van der Waals surface area contributed by atoms with Crippen molar-refractivity contribution in [1.29, 1.82) is 0 Å². The largest absolute Gasteiger partial charge is 0.573 e. The van der Waals surface area contributed by atoms with Gasteiger partial charge < -0.3 is 15.8 Å². The number of aliphatic imine (C=N–C) groups is 1. The quantitative estimate of drug-likeness (QED) is 0.220. The van der Waals surface area contributed by atoms with Crippen LogP contribution < -0.4 is 15.8 Å². The van der Waals surface area contributed by atoms with Gasteiger partial charge in [-0.2, -0.15) is 0 Å². The normalized spacial score (nSPS) is 11.4. The van der Waals surface area contributed by atoms with Gasteiger partial charge in [-0.3, -0.25) is 10.1 Å². The molecule has 0 unspecified atom stereocenters. The molecule has 0 aliphatic rings. The van der Waals surface area contributed by atoms with Crippen LogP contribution in [0, 0.1) is 10.1 Å². The molecular weight excluding hydrogens is 468 g/mol. The number of para-hydroxylation sites is 3. The predicted molar refractivity (Wildman–Crippen MR) is 101 cm³/mol. The van der Waals surface area contributed by atoms with Crippen LogP contribution in [0.3, 0.4) is 0 Å². The van der Waals surface area contributed by atoms with Crippen molar-refractivity contribution in [2.75, 3.05) is 5.32 Å². The zero-order valence-electron chi connectivity index (χ0n) is 13.1. The number of ether oxygens (including phenoxy) is 1. The maximum atomic E-state index is 12.4. The third-order valence-corrected chi connectivity index (χ3v) is 2.98. The number of nitro groups is 1. The van der Waals surface area contributed by atoms with Crippen LogP contribution in [-0.4, -0.2) is 17.2 Å². The molecule has 0 spiro atoms. The first-order valence-corrected chi connectivity index (χ1v) is 6.90. The number of rotatable bonds is 5. The highest BCUT2D eigenvalue weighted by molar-refractivity contribution is 14.0. The molecule has 0 heterocycles. The van der Waals surface area contributed by atoms with Crippen LogP contribution in [-0.2, 0) is 6.54 Å². The molecule has 2 aromatic rings. The van der Waals surface area contributed by atoms with Crippen LogP contribution in [0.5, 0.6) is 5.75 Å². The number of guanidine groups is 1. The van der Waals surface area contributed by atoms with Gasteiger partial charge in [-0.25, -0.2) is 4.99 Å². The fraction of sp³-hybridized carbons (Fsp3) is 0.133. The Labute approximate surface area is 163 Å². The van der Waals surface area contributed by atoms with E-state index in [-0.39, 0.29) is 47.9 Å². The number of nitrogens with one attached hydrogen (secondary N) is 1. The molecule has 11 heteroatoms. The summed E-state index contributed by atoms with van der Waals surface area (Å²) in [6.45, 7) is -0.113. The SMILES string of the molecule is I.NC(=NCc1ccccc1[N+](=O)[O-])Nc1ccccc1OC(F)(F)F. The minimum absolute atomic E-state index is 0. The lowest BCUT2D eigenvalue weighted by Gasteiger charge is -2.14. The van der Waals surface area contributed by atoms with Crippen molar-refractivity contribution >= 4 is 41.3 Å². The molecule has 140 valence electrons. The van der Waals surface area contributed by atoms with Crippen molar-refractivity contribution in [1.82, 2.24) is 0 Å². The van der Waals surface area contributed by atoms with Crippen LogP contribution in [0.15, 0.2) is 53.5 Å². The standard InChI is InChI=1S/C15H13F3N4O3.HI/c16-15(17,18)25-13-8-4-2-6-11(13)21-14(19)20-9-10-5-1-3-7-12(10)22(23)24;/h1-8H,9H2,(H3,19,20,21);1H. The molecule has 0 atom stereocenters. The number of nitrogens with two attached hydrogens (primary N) is 1. The zero-order valence-corrected chi connectivity index (χ0v) is 15.4. The number of halogens is 4. The second kappa shape index (κ2) is 9.22. The van der Waals surface area contributed by atoms with Crippen LogP contribution in [0.1, 0.15) is 5.56 Å². The van der Waals surface area contributed by atoms with E-state index in [0.717, 1.165) is 6.07 Å². The molecule has 7 nitrogen and oxygen atoms in total. The maximum absolute atomic E-state index is 12.4. The van der Waals surface area contributed by atoms with Gasteiger partial charge in [-0.05, 0) is 12.1 Å². The fourth-order valence-electron chi connectivity index (χ4n) is 1.95. The van der Waals surface area contributed by atoms with E-state index in [4.69, 9.17) is 5.73 Å². The van der Waals surface area contributed by atoms with Crippen LogP contribution in [0.2, 0.25) is 0 Å². The van der Waals surface area contributed by atoms with Gasteiger partial charge in [0, 0.05) is 6.07 Å². The monoisotopic (exact) mass is 482 g/mol. The lowest BCUT2D eigenvalue weighted by Crippen LogP contribution is -2.24. The molecule has 0 fully saturated rings. The Balaban J connectivity index is 0.00000338. The van der Waals surface area contributed by atoms with Crippen LogP contribution in [0.25, 0.3) is 0 Å². The van der Waals surface area contributed by atoms with E-state index in [9.17, 15) is 23.3 Å². The van der Waals surface area contributed by atoms with Crippen molar-refractivity contribution in [2.24, 2.45) is 10.7 Å². The highest BCUT2D eigenvalue weighted by Crippen LogP contribution is 2.29. The molecule has 3 N–H and O–H groups in total. The second-order valence-corrected chi connectivity index (χ2v) is 4.76. The van der Waals surface area contributed by atoms with Crippen molar-refractivity contribution in [3.05, 3.63) is 64.2 Å². The third kappa shape index (κ3) is 6.38. The van der Waals surface area contributed by atoms with Gasteiger partial charge in [0.1, 0.15) is 0 Å². The second-order valence-electron chi connectivity index (χ2n) is 4.76. The Morgan fingerprint density at radius 1 is 1.19 bits per heavy atom. The van der Waals surface area contributed by atoms with E-state index in [2.05, 4.69) is 15.0 Å². The molecule has 0 radical (unpaired) electrons. The highest BCUT2D eigenvalue weighted by Gasteiger charge is 2.32. The van der Waals surface area contributed by atoms with Crippen molar-refractivity contribution < 1.29 is 22.8 Å². The molecular formula is C15H14F3IN4O3. The third-order valence-electron chi connectivity index (χ3n) is 2.98. The van der Waals surface area contributed by atoms with E-state index in [0.29, 0.717) is 5.56 Å². The van der Waals surface area contributed by atoms with Gasteiger partial charge in [-0.15, -0.1) is 37.1 Å². The molecule has 2 aromatic carbocycles. The van der Waals surface area contributed by atoms with E-state index in [1.54, 1.807) is 6.07 Å². The van der Waals surface area contributed by atoms with Gasteiger partial charge in [-0.1, -0.05) is 30.3 Å². The summed E-state index contributed by atoms with van der Waals surface area (Å²) in [6.07, 6.45) is -4.85. The summed E-state index contributed by atoms with van der Waals surface area (Å²) >= 11 is 0. The summed E-state index contributed by atoms with van der Waals surface area (Å²) in [5.74, 6) is -0.685. The van der Waals surface area contributed by atoms with Gasteiger partial charge in [0.05, 0.1) is 22.7 Å². The Kier molecular flexibility index (Phi) is 7.61. The first-order chi connectivity index (χ1) is 11.8. The van der Waals surface area contributed by atoms with Gasteiger partial charge in [0.25, 0.3) is 5.69 Å². The first-order valence-electron chi connectivity index (χ1n) is 6.90. The molecule has 0 saturated heterocycles. The number of hydrogen-bond donors (Lipinski definition) is 2. The van der Waals surface area contributed by atoms with Crippen molar-refractivity contribution in [2.45, 2.75) is 12.9 Å². The minimum Gasteiger partial charge on any atom is -0.404 e. The number of alkyl halides is 3. The van der Waals surface area contributed by atoms with E-state index in [1.165, 1.54) is 36.4 Å². The summed E-state index contributed by atoms with van der Waals surface area (Å²) in [6, 6.07) is 11.2. The average molecular weight is 482 g/mol. The van der Waals surface area contributed by atoms with E-state index < -0.39 is 17.0 Å². The number of hydrogen-bond acceptors (Lipinski definition) is 4. The van der Waals surface area contributed by atoms with Gasteiger partial charge in [0.15, 0.2) is 11.7 Å². The Bertz CT molecular complexity index is 800. The smallest absolute Gasteiger partial charge is 0.404 e. The molecule has 0 amide bonds. The summed E-state index contributed by atoms with van der Waals surface area (Å²) in [4.78, 5) is 14.3. The van der Waals surface area contributed by atoms with E-state index in [1.807, 2.05) is 0 Å². The minimum atomic E-state index is -4.85. The molecule has 0 aliphatic carbocycles. The number of nitro benzene ring substituents is 1. The van der Waals surface area contributed by atoms with Crippen LogP contribution >= 0.6 is 24.0 Å². The molecule has 26 heavy (non-hydrogen) atoms. The maximum Gasteiger partial charge on any atom is 0.573 e.